The summed E-state index contributed by atoms with van der Waals surface area (Å²) in [7, 11) is 0. The van der Waals surface area contributed by atoms with Crippen LogP contribution in [0.2, 0.25) is 0 Å². The number of rotatable bonds is 5. The van der Waals surface area contributed by atoms with Crippen molar-refractivity contribution in [1.29, 1.82) is 0 Å². The second-order valence-corrected chi connectivity index (χ2v) is 10.6. The Balaban J connectivity index is 1.54. The van der Waals surface area contributed by atoms with Gasteiger partial charge in [0.2, 0.25) is 0 Å². The topological polar surface area (TPSA) is 54.3 Å². The van der Waals surface area contributed by atoms with Crippen molar-refractivity contribution in [3.8, 4) is 0 Å². The fourth-order valence-corrected chi connectivity index (χ4v) is 6.22. The molecule has 1 atom stereocenters. The van der Waals surface area contributed by atoms with E-state index in [4.69, 9.17) is 0 Å². The Hall–Kier alpha value is -3.86. The van der Waals surface area contributed by atoms with Crippen molar-refractivity contribution in [2.75, 3.05) is 0 Å². The Morgan fingerprint density at radius 3 is 2.46 bits per heavy atom. The highest BCUT2D eigenvalue weighted by Crippen LogP contribution is 2.40. The first kappa shape index (κ1) is 23.5. The van der Waals surface area contributed by atoms with Crippen LogP contribution in [-0.2, 0) is 23.4 Å². The highest BCUT2D eigenvalue weighted by Gasteiger charge is 2.52. The summed E-state index contributed by atoms with van der Waals surface area (Å²) in [6.45, 7) is 2.78. The first-order valence-electron chi connectivity index (χ1n) is 13.4. The molecule has 188 valence electrons. The molecular formula is C32H33N3O2. The fraction of sp³-hybridized carbons (Fsp3) is 0.312. The van der Waals surface area contributed by atoms with E-state index in [1.54, 1.807) is 0 Å². The second kappa shape index (κ2) is 9.55. The molecule has 1 fully saturated rings. The molecule has 5 nitrogen and oxygen atoms in total. The number of aromatic nitrogens is 1. The first-order valence-corrected chi connectivity index (χ1v) is 13.4. The zero-order valence-electron chi connectivity index (χ0n) is 21.3. The number of nitrogens with zero attached hydrogens (tertiary/aromatic N) is 2. The van der Waals surface area contributed by atoms with E-state index in [0.29, 0.717) is 18.8 Å². The van der Waals surface area contributed by atoms with Crippen LogP contribution in [0.15, 0.2) is 84.9 Å². The monoisotopic (exact) mass is 491 g/mol. The van der Waals surface area contributed by atoms with Crippen molar-refractivity contribution in [3.63, 3.8) is 0 Å². The molecule has 1 aliphatic heterocycles. The molecule has 0 radical (unpaired) electrons. The van der Waals surface area contributed by atoms with Gasteiger partial charge in [-0.3, -0.25) is 9.59 Å². The van der Waals surface area contributed by atoms with Crippen molar-refractivity contribution >= 4 is 22.7 Å². The Bertz CT molecular complexity index is 1450. The number of aryl methyl sites for hydroxylation is 1. The smallest absolute Gasteiger partial charge is 0.272 e. The van der Waals surface area contributed by atoms with Gasteiger partial charge in [-0.05, 0) is 43.0 Å². The molecule has 1 aliphatic carbocycles. The number of carbonyl (C=O) groups is 2. The van der Waals surface area contributed by atoms with Gasteiger partial charge < -0.3 is 14.8 Å². The van der Waals surface area contributed by atoms with E-state index in [1.165, 1.54) is 6.42 Å². The minimum Gasteiger partial charge on any atom is -0.351 e. The van der Waals surface area contributed by atoms with Gasteiger partial charge >= 0.3 is 0 Å². The molecule has 6 rings (SSSR count). The average Bonchev–Trinajstić information content (AvgIpc) is 3.30. The highest BCUT2D eigenvalue weighted by molar-refractivity contribution is 6.04. The van der Waals surface area contributed by atoms with Gasteiger partial charge in [0.25, 0.3) is 11.8 Å². The molecule has 0 unspecified atom stereocenters. The lowest BCUT2D eigenvalue weighted by Crippen LogP contribution is -2.64. The summed E-state index contributed by atoms with van der Waals surface area (Å²) in [5, 5.41) is 4.41. The van der Waals surface area contributed by atoms with E-state index in [9.17, 15) is 9.59 Å². The van der Waals surface area contributed by atoms with Crippen molar-refractivity contribution in [1.82, 2.24) is 14.8 Å². The zero-order valence-corrected chi connectivity index (χ0v) is 21.3. The normalized spacial score (nSPS) is 20.1. The lowest BCUT2D eigenvalue weighted by atomic mass is 9.83. The van der Waals surface area contributed by atoms with Crippen LogP contribution in [0.1, 0.15) is 59.3 Å². The molecule has 0 spiro atoms. The molecule has 1 aromatic heterocycles. The van der Waals surface area contributed by atoms with E-state index in [2.05, 4.69) is 28.9 Å². The maximum atomic E-state index is 14.6. The maximum Gasteiger partial charge on any atom is 0.272 e. The van der Waals surface area contributed by atoms with Gasteiger partial charge in [-0.2, -0.15) is 0 Å². The van der Waals surface area contributed by atoms with Gasteiger partial charge in [0.05, 0.1) is 6.54 Å². The molecule has 0 bridgehead atoms. The third-order valence-electron chi connectivity index (χ3n) is 8.11. The largest absolute Gasteiger partial charge is 0.351 e. The lowest BCUT2D eigenvalue weighted by Gasteiger charge is -2.47. The SMILES string of the molecule is Cc1cccc(CN2C(=O)c3cc4ccccc4n3C[C@]2(C(=O)NC2CCCCC2)c2ccccc2)c1. The number of hydrogen-bond donors (Lipinski definition) is 1. The minimum absolute atomic E-state index is 0.0879. The summed E-state index contributed by atoms with van der Waals surface area (Å²) in [5.41, 5.74) is 3.43. The molecule has 37 heavy (non-hydrogen) atoms. The van der Waals surface area contributed by atoms with Gasteiger partial charge in [0.15, 0.2) is 5.54 Å². The van der Waals surface area contributed by atoms with Crippen LogP contribution >= 0.6 is 0 Å². The third-order valence-corrected chi connectivity index (χ3v) is 8.11. The molecule has 4 aromatic rings. The summed E-state index contributed by atoms with van der Waals surface area (Å²) in [4.78, 5) is 30.8. The quantitative estimate of drug-likeness (QED) is 0.375. The minimum atomic E-state index is -1.17. The molecule has 2 aliphatic rings. The first-order chi connectivity index (χ1) is 18.1. The van der Waals surface area contributed by atoms with Crippen molar-refractivity contribution in [3.05, 3.63) is 107 Å². The van der Waals surface area contributed by atoms with E-state index >= 15 is 0 Å². The van der Waals surface area contributed by atoms with Crippen LogP contribution in [0, 0.1) is 6.92 Å². The van der Waals surface area contributed by atoms with Gasteiger partial charge in [-0.15, -0.1) is 0 Å². The van der Waals surface area contributed by atoms with E-state index in [0.717, 1.165) is 53.3 Å². The Morgan fingerprint density at radius 1 is 0.919 bits per heavy atom. The van der Waals surface area contributed by atoms with Gasteiger partial charge in [-0.25, -0.2) is 0 Å². The average molecular weight is 492 g/mol. The Labute approximate surface area is 218 Å². The number of carbonyl (C=O) groups excluding carboxylic acids is 2. The van der Waals surface area contributed by atoms with Crippen molar-refractivity contribution in [2.24, 2.45) is 0 Å². The summed E-state index contributed by atoms with van der Waals surface area (Å²) in [6.07, 6.45) is 5.44. The fourth-order valence-electron chi connectivity index (χ4n) is 6.22. The summed E-state index contributed by atoms with van der Waals surface area (Å²) >= 11 is 0. The summed E-state index contributed by atoms with van der Waals surface area (Å²) in [6, 6.07) is 28.2. The number of nitrogens with one attached hydrogen (secondary N) is 1. The summed E-state index contributed by atoms with van der Waals surface area (Å²) in [5.74, 6) is -0.207. The molecule has 1 N–H and O–H groups in total. The second-order valence-electron chi connectivity index (χ2n) is 10.6. The van der Waals surface area contributed by atoms with E-state index in [-0.39, 0.29) is 17.9 Å². The summed E-state index contributed by atoms with van der Waals surface area (Å²) < 4.78 is 2.05. The Kier molecular flexibility index (Phi) is 6.07. The zero-order chi connectivity index (χ0) is 25.4. The van der Waals surface area contributed by atoms with E-state index < -0.39 is 5.54 Å². The molecule has 5 heteroatoms. The van der Waals surface area contributed by atoms with Crippen LogP contribution in [0.4, 0.5) is 0 Å². The van der Waals surface area contributed by atoms with Gasteiger partial charge in [-0.1, -0.05) is 97.6 Å². The van der Waals surface area contributed by atoms with Crippen molar-refractivity contribution < 1.29 is 9.59 Å². The number of hydrogen-bond acceptors (Lipinski definition) is 2. The Morgan fingerprint density at radius 2 is 1.68 bits per heavy atom. The third kappa shape index (κ3) is 4.12. The van der Waals surface area contributed by atoms with Gasteiger partial charge in [0, 0.05) is 23.5 Å². The van der Waals surface area contributed by atoms with Crippen LogP contribution in [0.5, 0.6) is 0 Å². The number of benzene rings is 3. The van der Waals surface area contributed by atoms with Crippen molar-refractivity contribution in [2.45, 2.75) is 63.7 Å². The van der Waals surface area contributed by atoms with Crippen LogP contribution in [-0.4, -0.2) is 27.3 Å². The molecule has 1 saturated carbocycles. The molecular weight excluding hydrogens is 458 g/mol. The predicted octanol–water partition coefficient (Wildman–Crippen LogP) is 5.95. The van der Waals surface area contributed by atoms with Crippen LogP contribution in [0.3, 0.4) is 0 Å². The highest BCUT2D eigenvalue weighted by atomic mass is 16.2. The predicted molar refractivity (Wildman–Crippen MR) is 146 cm³/mol. The number of amides is 2. The molecule has 0 saturated heterocycles. The van der Waals surface area contributed by atoms with Crippen LogP contribution < -0.4 is 5.32 Å². The van der Waals surface area contributed by atoms with Gasteiger partial charge in [0.1, 0.15) is 5.69 Å². The van der Waals surface area contributed by atoms with Crippen LogP contribution in [0.25, 0.3) is 10.9 Å². The van der Waals surface area contributed by atoms with E-state index in [1.807, 2.05) is 77.7 Å². The number of fused-ring (bicyclic) bond motifs is 3. The molecule has 3 aromatic carbocycles. The maximum absolute atomic E-state index is 14.6. The standard InChI is InChI=1S/C32H33N3O2/c1-23-11-10-12-24(19-23)21-35-30(36)29-20-25-13-8-9-18-28(25)34(29)22-32(35,26-14-4-2-5-15-26)31(37)33-27-16-6-3-7-17-27/h2,4-5,8-15,18-20,27H,3,6-7,16-17,21-22H2,1H3,(H,33,37)/t32-/m1/s1. The lowest BCUT2D eigenvalue weighted by molar-refractivity contribution is -0.136. The molecule has 2 amide bonds. The molecule has 2 heterocycles. The number of para-hydroxylation sites is 1.